The van der Waals surface area contributed by atoms with Crippen LogP contribution >= 0.6 is 34.8 Å². The largest absolute Gasteiger partial charge is 0.618 e. The van der Waals surface area contributed by atoms with E-state index in [9.17, 15) is 14.0 Å². The lowest BCUT2D eigenvalue weighted by atomic mass is 9.99. The Morgan fingerprint density at radius 2 is 1.61 bits per heavy atom. The molecule has 0 fully saturated rings. The molecule has 0 aliphatic carbocycles. The van der Waals surface area contributed by atoms with Gasteiger partial charge in [0.1, 0.15) is 22.3 Å². The zero-order valence-electron chi connectivity index (χ0n) is 13.9. The molecular weight excluding hydrogens is 429 g/mol. The number of halogens is 5. The van der Waals surface area contributed by atoms with E-state index in [-0.39, 0.29) is 37.5 Å². The molecule has 0 N–H and O–H groups in total. The van der Waals surface area contributed by atoms with Gasteiger partial charge in [-0.05, 0) is 35.9 Å². The average Bonchev–Trinajstić information content (AvgIpc) is 2.62. The monoisotopic (exact) mass is 436 g/mol. The van der Waals surface area contributed by atoms with Crippen LogP contribution in [-0.4, -0.2) is 4.98 Å². The van der Waals surface area contributed by atoms with Crippen molar-refractivity contribution in [2.24, 2.45) is 0 Å². The summed E-state index contributed by atoms with van der Waals surface area (Å²) < 4.78 is 28.3. The van der Waals surface area contributed by atoms with Crippen molar-refractivity contribution in [2.75, 3.05) is 0 Å². The Bertz CT molecular complexity index is 1230. The molecule has 0 radical (unpaired) electrons. The number of benzene rings is 2. The van der Waals surface area contributed by atoms with E-state index in [1.54, 1.807) is 18.2 Å². The van der Waals surface area contributed by atoms with Gasteiger partial charge >= 0.3 is 0 Å². The minimum Gasteiger partial charge on any atom is -0.618 e. The van der Waals surface area contributed by atoms with Crippen LogP contribution in [0.4, 0.5) is 8.78 Å². The number of aromatic nitrogens is 2. The van der Waals surface area contributed by atoms with E-state index in [1.807, 2.05) is 0 Å². The first-order chi connectivity index (χ1) is 13.4. The van der Waals surface area contributed by atoms with Crippen LogP contribution < -0.4 is 4.73 Å². The molecule has 0 aliphatic rings. The van der Waals surface area contributed by atoms with Gasteiger partial charge in [0.25, 0.3) is 5.69 Å². The molecule has 2 heterocycles. The van der Waals surface area contributed by atoms with Gasteiger partial charge in [-0.3, -0.25) is 0 Å². The predicted octanol–water partition coefficient (Wildman–Crippen LogP) is 6.44. The summed E-state index contributed by atoms with van der Waals surface area (Å²) in [6.45, 7) is 0. The predicted molar refractivity (Wildman–Crippen MR) is 107 cm³/mol. The smallest absolute Gasteiger partial charge is 0.253 e. The molecule has 0 saturated heterocycles. The normalized spacial score (nSPS) is 11.2. The highest BCUT2D eigenvalue weighted by Gasteiger charge is 2.24. The maximum atomic E-state index is 14.4. The fourth-order valence-electron chi connectivity index (χ4n) is 3.08. The van der Waals surface area contributed by atoms with E-state index >= 15 is 0 Å². The summed E-state index contributed by atoms with van der Waals surface area (Å²) in [6.07, 6.45) is 1.25. The first-order valence-corrected chi connectivity index (χ1v) is 9.12. The molecule has 4 aromatic rings. The molecule has 140 valence electrons. The molecule has 8 heteroatoms. The van der Waals surface area contributed by atoms with Crippen LogP contribution in [0.25, 0.3) is 33.3 Å². The Morgan fingerprint density at radius 1 is 0.893 bits per heavy atom. The third-order valence-electron chi connectivity index (χ3n) is 4.27. The number of fused-ring (bicyclic) bond motifs is 1. The first-order valence-electron chi connectivity index (χ1n) is 7.99. The van der Waals surface area contributed by atoms with Crippen LogP contribution in [0, 0.1) is 16.8 Å². The van der Waals surface area contributed by atoms with E-state index < -0.39 is 11.6 Å². The second-order valence-corrected chi connectivity index (χ2v) is 7.17. The summed E-state index contributed by atoms with van der Waals surface area (Å²) in [4.78, 5) is 4.26. The van der Waals surface area contributed by atoms with E-state index in [0.29, 0.717) is 15.7 Å². The van der Waals surface area contributed by atoms with Gasteiger partial charge in [0.15, 0.2) is 6.20 Å². The number of rotatable bonds is 2. The lowest BCUT2D eigenvalue weighted by molar-refractivity contribution is -0.592. The minimum atomic E-state index is -0.764. The molecule has 0 spiro atoms. The molecule has 0 aliphatic heterocycles. The molecule has 4 rings (SSSR count). The van der Waals surface area contributed by atoms with Crippen molar-refractivity contribution in [1.82, 2.24) is 4.98 Å². The van der Waals surface area contributed by atoms with Crippen LogP contribution in [-0.2, 0) is 0 Å². The van der Waals surface area contributed by atoms with Crippen molar-refractivity contribution in [2.45, 2.75) is 0 Å². The quantitative estimate of drug-likeness (QED) is 0.206. The summed E-state index contributed by atoms with van der Waals surface area (Å²) >= 11 is 18.7. The van der Waals surface area contributed by atoms with Gasteiger partial charge in [0.2, 0.25) is 0 Å². The maximum Gasteiger partial charge on any atom is 0.253 e. The molecule has 2 aromatic carbocycles. The molecular formula is C20H9Cl3F2N2O. The molecule has 0 amide bonds. The average molecular weight is 438 g/mol. The highest BCUT2D eigenvalue weighted by molar-refractivity contribution is 6.39. The Balaban J connectivity index is 2.13. The lowest BCUT2D eigenvalue weighted by Gasteiger charge is -2.13. The summed E-state index contributed by atoms with van der Waals surface area (Å²) in [5.74, 6) is -1.47. The van der Waals surface area contributed by atoms with Crippen LogP contribution in [0.3, 0.4) is 0 Å². The van der Waals surface area contributed by atoms with Crippen LogP contribution in [0.15, 0.2) is 54.7 Å². The molecule has 0 bridgehead atoms. The van der Waals surface area contributed by atoms with Crippen molar-refractivity contribution < 1.29 is 13.5 Å². The van der Waals surface area contributed by atoms with Gasteiger partial charge in [0.05, 0.1) is 15.6 Å². The molecule has 2 aromatic heterocycles. The minimum absolute atomic E-state index is 0.0295. The highest BCUT2D eigenvalue weighted by Crippen LogP contribution is 2.39. The van der Waals surface area contributed by atoms with Crippen LogP contribution in [0.2, 0.25) is 15.2 Å². The molecule has 3 nitrogen and oxygen atoms in total. The van der Waals surface area contributed by atoms with Gasteiger partial charge in [0, 0.05) is 23.1 Å². The van der Waals surface area contributed by atoms with Gasteiger partial charge in [-0.15, -0.1) is 0 Å². The van der Waals surface area contributed by atoms with Crippen molar-refractivity contribution in [3.05, 3.63) is 86.8 Å². The Labute approximate surface area is 173 Å². The zero-order chi connectivity index (χ0) is 20.0. The summed E-state index contributed by atoms with van der Waals surface area (Å²) in [5.41, 5.74) is 1.04. The fourth-order valence-corrected chi connectivity index (χ4v) is 3.85. The van der Waals surface area contributed by atoms with Crippen molar-refractivity contribution in [3.8, 4) is 22.4 Å². The second kappa shape index (κ2) is 7.17. The summed E-state index contributed by atoms with van der Waals surface area (Å²) in [5, 5.41) is 13.6. The van der Waals surface area contributed by atoms with Gasteiger partial charge < -0.3 is 5.21 Å². The fraction of sp³-hybridized carbons (Fsp3) is 0. The Morgan fingerprint density at radius 3 is 2.29 bits per heavy atom. The van der Waals surface area contributed by atoms with Crippen molar-refractivity contribution >= 4 is 45.7 Å². The van der Waals surface area contributed by atoms with Crippen molar-refractivity contribution in [1.29, 1.82) is 0 Å². The third kappa shape index (κ3) is 3.15. The third-order valence-corrected chi connectivity index (χ3v) is 5.09. The van der Waals surface area contributed by atoms with Gasteiger partial charge in [-0.1, -0.05) is 40.9 Å². The number of nitrogens with zero attached hydrogens (tertiary/aromatic N) is 2. The van der Waals surface area contributed by atoms with Gasteiger partial charge in [-0.25, -0.2) is 13.8 Å². The second-order valence-electron chi connectivity index (χ2n) is 5.97. The lowest BCUT2D eigenvalue weighted by Crippen LogP contribution is -2.29. The van der Waals surface area contributed by atoms with Crippen molar-refractivity contribution in [3.63, 3.8) is 0 Å². The molecule has 0 atom stereocenters. The molecule has 0 unspecified atom stereocenters. The topological polar surface area (TPSA) is 39.8 Å². The maximum absolute atomic E-state index is 14.4. The van der Waals surface area contributed by atoms with E-state index in [4.69, 9.17) is 34.8 Å². The van der Waals surface area contributed by atoms with Gasteiger partial charge in [-0.2, -0.15) is 4.73 Å². The Hall–Kier alpha value is -2.47. The van der Waals surface area contributed by atoms with E-state index in [0.717, 1.165) is 12.1 Å². The number of pyridine rings is 2. The summed E-state index contributed by atoms with van der Waals surface area (Å²) in [7, 11) is 0. The highest BCUT2D eigenvalue weighted by atomic mass is 35.5. The van der Waals surface area contributed by atoms with E-state index in [1.165, 1.54) is 24.4 Å². The summed E-state index contributed by atoms with van der Waals surface area (Å²) in [6, 6.07) is 11.0. The Kier molecular flexibility index (Phi) is 4.83. The van der Waals surface area contributed by atoms with Crippen LogP contribution in [0.1, 0.15) is 0 Å². The zero-order valence-corrected chi connectivity index (χ0v) is 16.2. The van der Waals surface area contributed by atoms with E-state index in [2.05, 4.69) is 4.98 Å². The number of hydrogen-bond acceptors (Lipinski definition) is 2. The number of hydrogen-bond donors (Lipinski definition) is 0. The van der Waals surface area contributed by atoms with Crippen LogP contribution in [0.5, 0.6) is 0 Å². The molecule has 0 saturated carbocycles. The molecule has 28 heavy (non-hydrogen) atoms. The SMILES string of the molecule is [O-][n+]1ccc2c(-c3ccc(F)cc3F)cc(Cl)nc2c1-c1c(Cl)cccc1Cl. The standard InChI is InChI=1S/C20H9Cl3F2N2O/c21-14-2-1-3-15(22)18(14)20-19-12(6-7-27(20)28)13(9-17(23)26-19)11-5-4-10(24)8-16(11)25/h1-9H. The first kappa shape index (κ1) is 18.9.